The number of rotatable bonds is 3. The van der Waals surface area contributed by atoms with Crippen LogP contribution in [-0.2, 0) is 6.54 Å². The summed E-state index contributed by atoms with van der Waals surface area (Å²) in [4.78, 5) is 8.49. The molecule has 0 radical (unpaired) electrons. The van der Waals surface area contributed by atoms with E-state index >= 15 is 0 Å². The third kappa shape index (κ3) is 4.13. The van der Waals surface area contributed by atoms with Crippen LogP contribution in [0.2, 0.25) is 0 Å². The number of benzene rings is 1. The zero-order valence-electron chi connectivity index (χ0n) is 11.2. The highest BCUT2D eigenvalue weighted by Gasteiger charge is 2.10. The zero-order chi connectivity index (χ0) is 13.8. The highest BCUT2D eigenvalue weighted by atomic mass is 127. The van der Waals surface area contributed by atoms with Crippen molar-refractivity contribution in [3.05, 3.63) is 36.0 Å². The minimum Gasteiger partial charge on any atom is -0.356 e. The Kier molecular flexibility index (Phi) is 5.48. The van der Waals surface area contributed by atoms with Crippen molar-refractivity contribution >= 4 is 29.9 Å². The summed E-state index contributed by atoms with van der Waals surface area (Å²) >= 11 is 0. The van der Waals surface area contributed by atoms with Crippen molar-refractivity contribution in [1.82, 2.24) is 20.8 Å². The maximum absolute atomic E-state index is 13.1. The predicted octanol–water partition coefficient (Wildman–Crippen LogP) is 1.93. The lowest BCUT2D eigenvalue weighted by atomic mass is 10.2. The molecular formula is C13H15FIN5O. The van der Waals surface area contributed by atoms with Gasteiger partial charge in [0.1, 0.15) is 5.82 Å². The van der Waals surface area contributed by atoms with Gasteiger partial charge < -0.3 is 15.2 Å². The third-order valence-electron chi connectivity index (χ3n) is 2.86. The molecular weight excluding hydrogens is 388 g/mol. The third-order valence-corrected chi connectivity index (χ3v) is 2.86. The van der Waals surface area contributed by atoms with Gasteiger partial charge >= 0.3 is 0 Å². The normalized spacial score (nSPS) is 13.9. The average Bonchev–Trinajstić information content (AvgIpc) is 2.95. The van der Waals surface area contributed by atoms with Crippen LogP contribution in [0.3, 0.4) is 0 Å². The second-order valence-electron chi connectivity index (χ2n) is 4.39. The molecule has 1 aliphatic heterocycles. The molecule has 1 aromatic carbocycles. The van der Waals surface area contributed by atoms with Crippen molar-refractivity contribution in [2.75, 3.05) is 13.1 Å². The molecule has 2 aromatic rings. The summed E-state index contributed by atoms with van der Waals surface area (Å²) in [5.74, 6) is 1.22. The lowest BCUT2D eigenvalue weighted by Gasteiger charge is -2.14. The molecule has 0 bridgehead atoms. The molecule has 2 heterocycles. The molecule has 0 spiro atoms. The van der Waals surface area contributed by atoms with Crippen LogP contribution in [-0.4, -0.2) is 29.2 Å². The minimum atomic E-state index is -0.326. The fourth-order valence-electron chi connectivity index (χ4n) is 1.88. The number of hydrogen-bond donors (Lipinski definition) is 2. The lowest BCUT2D eigenvalue weighted by molar-refractivity contribution is 0.375. The van der Waals surface area contributed by atoms with Crippen molar-refractivity contribution in [3.8, 4) is 11.4 Å². The van der Waals surface area contributed by atoms with Gasteiger partial charge in [-0.15, -0.1) is 24.0 Å². The summed E-state index contributed by atoms with van der Waals surface area (Å²) in [6.07, 6.45) is 1.04. The fourth-order valence-corrected chi connectivity index (χ4v) is 1.88. The first-order valence-electron chi connectivity index (χ1n) is 6.42. The zero-order valence-corrected chi connectivity index (χ0v) is 13.5. The van der Waals surface area contributed by atoms with Crippen LogP contribution >= 0.6 is 24.0 Å². The Morgan fingerprint density at radius 2 is 2.29 bits per heavy atom. The Bertz CT molecular complexity index is 631. The number of guanidine groups is 1. The van der Waals surface area contributed by atoms with E-state index in [0.717, 1.165) is 25.5 Å². The Balaban J connectivity index is 0.00000161. The maximum Gasteiger partial charge on any atom is 0.246 e. The van der Waals surface area contributed by atoms with Crippen LogP contribution < -0.4 is 10.6 Å². The molecule has 1 aromatic heterocycles. The van der Waals surface area contributed by atoms with E-state index in [9.17, 15) is 4.39 Å². The Morgan fingerprint density at radius 1 is 1.38 bits per heavy atom. The largest absolute Gasteiger partial charge is 0.356 e. The van der Waals surface area contributed by atoms with Gasteiger partial charge in [-0.2, -0.15) is 4.98 Å². The SMILES string of the molecule is Fc1cccc(-c2noc(CNC3=NCCCN3)n2)c1.I. The van der Waals surface area contributed by atoms with Gasteiger partial charge in [0.2, 0.25) is 11.7 Å². The number of aromatic nitrogens is 2. The molecule has 8 heteroatoms. The highest BCUT2D eigenvalue weighted by Crippen LogP contribution is 2.16. The summed E-state index contributed by atoms with van der Waals surface area (Å²) in [5, 5.41) is 10.1. The van der Waals surface area contributed by atoms with Crippen LogP contribution in [0.1, 0.15) is 12.3 Å². The maximum atomic E-state index is 13.1. The molecule has 112 valence electrons. The molecule has 0 unspecified atom stereocenters. The summed E-state index contributed by atoms with van der Waals surface area (Å²) in [7, 11) is 0. The summed E-state index contributed by atoms with van der Waals surface area (Å²) in [5.41, 5.74) is 0.591. The second-order valence-corrected chi connectivity index (χ2v) is 4.39. The van der Waals surface area contributed by atoms with E-state index in [4.69, 9.17) is 4.52 Å². The summed E-state index contributed by atoms with van der Waals surface area (Å²) in [6, 6.07) is 6.09. The molecule has 6 nitrogen and oxygen atoms in total. The van der Waals surface area contributed by atoms with Gasteiger partial charge in [-0.05, 0) is 18.6 Å². The number of aliphatic imine (C=N–C) groups is 1. The molecule has 0 saturated heterocycles. The Labute approximate surface area is 138 Å². The molecule has 3 rings (SSSR count). The van der Waals surface area contributed by atoms with Crippen molar-refractivity contribution < 1.29 is 8.91 Å². The fraction of sp³-hybridized carbons (Fsp3) is 0.308. The van der Waals surface area contributed by atoms with Gasteiger partial charge in [0.15, 0.2) is 5.96 Å². The smallest absolute Gasteiger partial charge is 0.246 e. The van der Waals surface area contributed by atoms with E-state index in [0.29, 0.717) is 23.8 Å². The Hall–Kier alpha value is -1.71. The van der Waals surface area contributed by atoms with Gasteiger partial charge in [-0.25, -0.2) is 4.39 Å². The number of nitrogens with zero attached hydrogens (tertiary/aromatic N) is 3. The van der Waals surface area contributed by atoms with Crippen molar-refractivity contribution in [2.24, 2.45) is 4.99 Å². The number of halogens is 2. The molecule has 0 saturated carbocycles. The van der Waals surface area contributed by atoms with Gasteiger partial charge in [-0.1, -0.05) is 17.3 Å². The van der Waals surface area contributed by atoms with Crippen LogP contribution in [0.4, 0.5) is 4.39 Å². The average molecular weight is 403 g/mol. The van der Waals surface area contributed by atoms with E-state index in [1.54, 1.807) is 12.1 Å². The monoisotopic (exact) mass is 403 g/mol. The van der Waals surface area contributed by atoms with E-state index in [1.807, 2.05) is 0 Å². The first-order valence-corrected chi connectivity index (χ1v) is 6.42. The number of hydrogen-bond acceptors (Lipinski definition) is 6. The van der Waals surface area contributed by atoms with E-state index < -0.39 is 0 Å². The van der Waals surface area contributed by atoms with Crippen molar-refractivity contribution in [3.63, 3.8) is 0 Å². The van der Waals surface area contributed by atoms with E-state index in [2.05, 4.69) is 25.8 Å². The number of nitrogens with one attached hydrogen (secondary N) is 2. The van der Waals surface area contributed by atoms with E-state index in [1.165, 1.54) is 12.1 Å². The van der Waals surface area contributed by atoms with Crippen LogP contribution in [0.15, 0.2) is 33.8 Å². The standard InChI is InChI=1S/C13H14FN5O.HI/c14-10-4-1-3-9(7-10)12-18-11(20-19-12)8-17-13-15-5-2-6-16-13;/h1,3-4,7H,2,5-6,8H2,(H2,15,16,17);1H. The van der Waals surface area contributed by atoms with Crippen LogP contribution in [0.5, 0.6) is 0 Å². The van der Waals surface area contributed by atoms with Gasteiger partial charge in [0, 0.05) is 18.7 Å². The molecule has 0 fully saturated rings. The van der Waals surface area contributed by atoms with Crippen molar-refractivity contribution in [1.29, 1.82) is 0 Å². The summed E-state index contributed by atoms with van der Waals surface area (Å²) in [6.45, 7) is 2.10. The van der Waals surface area contributed by atoms with Gasteiger partial charge in [0.25, 0.3) is 0 Å². The van der Waals surface area contributed by atoms with E-state index in [-0.39, 0.29) is 29.8 Å². The minimum absolute atomic E-state index is 0. The molecule has 21 heavy (non-hydrogen) atoms. The topological polar surface area (TPSA) is 75.3 Å². The predicted molar refractivity (Wildman–Crippen MR) is 86.9 cm³/mol. The van der Waals surface area contributed by atoms with Crippen LogP contribution in [0, 0.1) is 5.82 Å². The molecule has 1 aliphatic rings. The second kappa shape index (κ2) is 7.34. The summed E-state index contributed by atoms with van der Waals surface area (Å²) < 4.78 is 18.2. The van der Waals surface area contributed by atoms with Crippen molar-refractivity contribution in [2.45, 2.75) is 13.0 Å². The highest BCUT2D eigenvalue weighted by molar-refractivity contribution is 14.0. The molecule has 2 N–H and O–H groups in total. The molecule has 0 atom stereocenters. The lowest BCUT2D eigenvalue weighted by Crippen LogP contribution is -2.40. The first-order chi connectivity index (χ1) is 9.81. The Morgan fingerprint density at radius 3 is 3.05 bits per heavy atom. The molecule has 0 aliphatic carbocycles. The van der Waals surface area contributed by atoms with Gasteiger partial charge in [-0.3, -0.25) is 4.99 Å². The quantitative estimate of drug-likeness (QED) is 0.767. The van der Waals surface area contributed by atoms with Crippen LogP contribution in [0.25, 0.3) is 11.4 Å². The first kappa shape index (κ1) is 15.7. The molecule has 0 amide bonds. The van der Waals surface area contributed by atoms with Gasteiger partial charge in [0.05, 0.1) is 6.54 Å².